The number of allylic oxidation sites excluding steroid dienone is 4. The highest BCUT2D eigenvalue weighted by Crippen LogP contribution is 2.60. The fourth-order valence-electron chi connectivity index (χ4n) is 10.2. The van der Waals surface area contributed by atoms with Crippen LogP contribution >= 0.6 is 45.8 Å². The van der Waals surface area contributed by atoms with Gasteiger partial charge in [0.05, 0.1) is 14.6 Å². The van der Waals surface area contributed by atoms with Crippen LogP contribution in [0.5, 0.6) is 0 Å². The minimum absolute atomic E-state index is 0.450. The number of fused-ring (bicyclic) bond motifs is 5. The van der Waals surface area contributed by atoms with Gasteiger partial charge in [0.25, 0.3) is 0 Å². The summed E-state index contributed by atoms with van der Waals surface area (Å²) >= 11 is 6.34. The van der Waals surface area contributed by atoms with E-state index in [1.165, 1.54) is 67.4 Å². The Morgan fingerprint density at radius 3 is 1.68 bits per heavy atom. The lowest BCUT2D eigenvalue weighted by molar-refractivity contribution is 0.698. The van der Waals surface area contributed by atoms with Gasteiger partial charge >= 0.3 is 0 Å². The number of hydrogen-bond donors (Lipinski definition) is 0. The molecule has 6 nitrogen and oxygen atoms in total. The van der Waals surface area contributed by atoms with Crippen molar-refractivity contribution in [2.75, 3.05) is 0 Å². The first-order valence-corrected chi connectivity index (χ1v) is 25.3. The summed E-state index contributed by atoms with van der Waals surface area (Å²) in [6, 6.07) is 46.1. The number of benzene rings is 4. The first-order chi connectivity index (χ1) is 32.3. The molecule has 318 valence electrons. The third-order valence-electron chi connectivity index (χ3n) is 13.5. The molecule has 0 bridgehead atoms. The zero-order chi connectivity index (χ0) is 44.6. The van der Waals surface area contributed by atoms with E-state index in [4.69, 9.17) is 29.9 Å². The minimum Gasteiger partial charge on any atom is -0.208 e. The summed E-state index contributed by atoms with van der Waals surface area (Å²) in [5.74, 6) is 3.98. The third kappa shape index (κ3) is 6.49. The highest BCUT2D eigenvalue weighted by molar-refractivity contribution is 8.10. The van der Waals surface area contributed by atoms with Crippen molar-refractivity contribution in [1.29, 1.82) is 0 Å². The molecule has 66 heavy (non-hydrogen) atoms. The van der Waals surface area contributed by atoms with Crippen molar-refractivity contribution in [2.45, 2.75) is 37.5 Å². The van der Waals surface area contributed by atoms with Crippen molar-refractivity contribution in [3.63, 3.8) is 0 Å². The SMILES string of the molecule is C=CSC(=C)c1nc(C2=CC3=C(CC2)c2cc4c(cc2C3(C)c2ccccc2)-c2ccc(-c3nc(-c5cccs5)nc(-c5cccs5)n3)cc2C4(C)c2ccccc2)nc(-c2cccs2)n1. The predicted molar refractivity (Wildman–Crippen MR) is 276 cm³/mol. The van der Waals surface area contributed by atoms with Crippen LogP contribution in [-0.2, 0) is 10.8 Å². The second-order valence-electron chi connectivity index (χ2n) is 17.0. The van der Waals surface area contributed by atoms with E-state index in [0.29, 0.717) is 34.9 Å². The summed E-state index contributed by atoms with van der Waals surface area (Å²) in [6.45, 7) is 13.0. The monoisotopic (exact) mass is 924 g/mol. The van der Waals surface area contributed by atoms with E-state index in [9.17, 15) is 0 Å². The van der Waals surface area contributed by atoms with Crippen LogP contribution in [0.25, 0.3) is 70.7 Å². The lowest BCUT2D eigenvalue weighted by Gasteiger charge is -2.32. The van der Waals surface area contributed by atoms with Gasteiger partial charge in [-0.25, -0.2) is 29.9 Å². The smallest absolute Gasteiger partial charge is 0.174 e. The zero-order valence-corrected chi connectivity index (χ0v) is 39.4. The van der Waals surface area contributed by atoms with Gasteiger partial charge in [0.1, 0.15) is 0 Å². The minimum atomic E-state index is -0.468. The van der Waals surface area contributed by atoms with E-state index >= 15 is 0 Å². The molecule has 0 aliphatic heterocycles. The highest BCUT2D eigenvalue weighted by Gasteiger charge is 2.48. The Kier molecular flexibility index (Phi) is 9.91. The van der Waals surface area contributed by atoms with Crippen LogP contribution < -0.4 is 0 Å². The van der Waals surface area contributed by atoms with Gasteiger partial charge in [0.15, 0.2) is 34.9 Å². The first-order valence-electron chi connectivity index (χ1n) is 21.8. The molecule has 5 aromatic heterocycles. The Balaban J connectivity index is 1.04. The van der Waals surface area contributed by atoms with Gasteiger partial charge in [0, 0.05) is 21.3 Å². The van der Waals surface area contributed by atoms with Crippen LogP contribution in [-0.4, -0.2) is 29.9 Å². The van der Waals surface area contributed by atoms with Crippen LogP contribution in [0.1, 0.15) is 71.7 Å². The van der Waals surface area contributed by atoms with Gasteiger partial charge in [-0.2, -0.15) is 0 Å². The molecule has 12 rings (SSSR count). The summed E-state index contributed by atoms with van der Waals surface area (Å²) < 4.78 is 0. The molecule has 3 aliphatic carbocycles. The molecule has 10 heteroatoms. The maximum atomic E-state index is 5.13. The highest BCUT2D eigenvalue weighted by atomic mass is 32.2. The molecule has 2 atom stereocenters. The fourth-order valence-corrected chi connectivity index (χ4v) is 12.5. The van der Waals surface area contributed by atoms with Crippen LogP contribution in [0.2, 0.25) is 0 Å². The maximum Gasteiger partial charge on any atom is 0.174 e. The zero-order valence-electron chi connectivity index (χ0n) is 36.2. The van der Waals surface area contributed by atoms with Crippen molar-refractivity contribution < 1.29 is 0 Å². The number of thiophene rings is 3. The van der Waals surface area contributed by atoms with E-state index in [0.717, 1.165) is 43.5 Å². The van der Waals surface area contributed by atoms with Gasteiger partial charge in [-0.05, 0) is 146 Å². The molecule has 0 amide bonds. The van der Waals surface area contributed by atoms with E-state index in [1.54, 1.807) is 39.4 Å². The Morgan fingerprint density at radius 2 is 1.08 bits per heavy atom. The third-order valence-corrected chi connectivity index (χ3v) is 16.7. The van der Waals surface area contributed by atoms with Crippen molar-refractivity contribution in [2.24, 2.45) is 0 Å². The molecular weight excluding hydrogens is 885 g/mol. The normalized spacial score (nSPS) is 18.1. The average Bonchev–Trinajstić information content (AvgIpc) is 4.24. The molecule has 0 radical (unpaired) electrons. The van der Waals surface area contributed by atoms with E-state index in [-0.39, 0.29) is 0 Å². The van der Waals surface area contributed by atoms with Gasteiger partial charge in [-0.3, -0.25) is 0 Å². The van der Waals surface area contributed by atoms with E-state index in [2.05, 4.69) is 158 Å². The molecule has 3 aliphatic rings. The lowest BCUT2D eigenvalue weighted by Crippen LogP contribution is -2.25. The molecule has 4 aromatic carbocycles. The number of thioether (sulfide) groups is 1. The largest absolute Gasteiger partial charge is 0.208 e. The van der Waals surface area contributed by atoms with Crippen molar-refractivity contribution in [3.8, 4) is 54.6 Å². The second-order valence-corrected chi connectivity index (χ2v) is 20.9. The van der Waals surface area contributed by atoms with Crippen molar-refractivity contribution in [1.82, 2.24) is 29.9 Å². The van der Waals surface area contributed by atoms with Gasteiger partial charge in [-0.1, -0.05) is 122 Å². The van der Waals surface area contributed by atoms with Crippen molar-refractivity contribution >= 4 is 61.8 Å². The van der Waals surface area contributed by atoms with E-state index in [1.807, 2.05) is 18.2 Å². The van der Waals surface area contributed by atoms with Crippen molar-refractivity contribution in [3.05, 3.63) is 219 Å². The quantitative estimate of drug-likeness (QED) is 0.135. The predicted octanol–water partition coefficient (Wildman–Crippen LogP) is 15.0. The standard InChI is InChI=1S/C56H40N6S4/c1-5-63-33(2)49-57-50(59-52(58-49)46-19-12-26-64-46)34-22-24-38-40-31-45-41(32-44(40)55(3,42(38)29-34)36-15-8-6-9-16-36)39-25-23-35(30-43(39)56(45,4)37-17-10-7-11-18-37)51-60-53(47-20-13-27-65-47)62-54(61-51)48-21-14-28-66-48/h5-21,23,25-32H,1-2,22,24H2,3-4H3. The topological polar surface area (TPSA) is 77.3 Å². The maximum absolute atomic E-state index is 5.13. The Bertz CT molecular complexity index is 3400. The average molecular weight is 925 g/mol. The molecule has 9 aromatic rings. The molecule has 0 fully saturated rings. The van der Waals surface area contributed by atoms with Crippen LogP contribution in [0.4, 0.5) is 0 Å². The number of hydrogen-bond acceptors (Lipinski definition) is 10. The van der Waals surface area contributed by atoms with Crippen LogP contribution in [0.3, 0.4) is 0 Å². The molecule has 2 unspecified atom stereocenters. The number of rotatable bonds is 10. The molecule has 0 spiro atoms. The van der Waals surface area contributed by atoms with E-state index < -0.39 is 10.8 Å². The van der Waals surface area contributed by atoms with Gasteiger partial charge in [-0.15, -0.1) is 34.0 Å². The summed E-state index contributed by atoms with van der Waals surface area (Å²) in [5, 5.41) is 7.96. The van der Waals surface area contributed by atoms with Crippen LogP contribution in [0, 0.1) is 0 Å². The Hall–Kier alpha value is -6.69. The molecule has 0 saturated heterocycles. The Labute approximate surface area is 400 Å². The van der Waals surface area contributed by atoms with Gasteiger partial charge in [0.2, 0.25) is 0 Å². The molecule has 0 saturated carbocycles. The summed E-state index contributed by atoms with van der Waals surface area (Å²) in [6.07, 6.45) is 4.03. The summed E-state index contributed by atoms with van der Waals surface area (Å²) in [4.78, 5) is 34.1. The number of aromatic nitrogens is 6. The molecular formula is C56H40N6S4. The molecule has 5 heterocycles. The number of nitrogens with zero attached hydrogens (tertiary/aromatic N) is 6. The second kappa shape index (κ2) is 16.0. The fraction of sp³-hybridized carbons (Fsp3) is 0.107. The van der Waals surface area contributed by atoms with Gasteiger partial charge < -0.3 is 0 Å². The van der Waals surface area contributed by atoms with Crippen LogP contribution in [0.15, 0.2) is 174 Å². The first kappa shape index (κ1) is 40.8. The lowest BCUT2D eigenvalue weighted by atomic mass is 9.71. The molecule has 0 N–H and O–H groups in total. The Morgan fingerprint density at radius 1 is 0.545 bits per heavy atom. The summed E-state index contributed by atoms with van der Waals surface area (Å²) in [7, 11) is 0. The summed E-state index contributed by atoms with van der Waals surface area (Å²) in [5.41, 5.74) is 13.9.